The van der Waals surface area contributed by atoms with Crippen molar-refractivity contribution in [2.45, 2.75) is 13.5 Å². The SMILES string of the molecule is C=CCNCCn1c(C)cc2ccccc21. The van der Waals surface area contributed by atoms with Gasteiger partial charge in [-0.1, -0.05) is 24.3 Å². The Morgan fingerprint density at radius 1 is 1.38 bits per heavy atom. The second-order valence-corrected chi connectivity index (χ2v) is 3.99. The predicted octanol–water partition coefficient (Wildman–Crippen LogP) is 2.73. The highest BCUT2D eigenvalue weighted by Crippen LogP contribution is 2.18. The fraction of sp³-hybridized carbons (Fsp3) is 0.286. The fourth-order valence-electron chi connectivity index (χ4n) is 2.04. The minimum atomic E-state index is 0.873. The van der Waals surface area contributed by atoms with Gasteiger partial charge in [-0.25, -0.2) is 0 Å². The van der Waals surface area contributed by atoms with Crippen molar-refractivity contribution in [2.75, 3.05) is 13.1 Å². The van der Waals surface area contributed by atoms with E-state index < -0.39 is 0 Å². The maximum absolute atomic E-state index is 3.69. The summed E-state index contributed by atoms with van der Waals surface area (Å²) in [5, 5.41) is 4.65. The molecule has 0 saturated carbocycles. The predicted molar refractivity (Wildman–Crippen MR) is 69.7 cm³/mol. The third kappa shape index (κ3) is 2.17. The van der Waals surface area contributed by atoms with Crippen LogP contribution in [0.3, 0.4) is 0 Å². The zero-order chi connectivity index (χ0) is 11.4. The van der Waals surface area contributed by atoms with Gasteiger partial charge in [0.15, 0.2) is 0 Å². The van der Waals surface area contributed by atoms with Gasteiger partial charge in [-0.2, -0.15) is 0 Å². The van der Waals surface area contributed by atoms with Crippen molar-refractivity contribution in [1.82, 2.24) is 9.88 Å². The van der Waals surface area contributed by atoms with Crippen LogP contribution in [0, 0.1) is 6.92 Å². The molecule has 2 aromatic rings. The molecular weight excluding hydrogens is 196 g/mol. The zero-order valence-electron chi connectivity index (χ0n) is 9.74. The molecule has 0 aliphatic rings. The Balaban J connectivity index is 2.16. The van der Waals surface area contributed by atoms with E-state index in [2.05, 4.69) is 53.7 Å². The molecular formula is C14H18N2. The molecule has 1 aromatic carbocycles. The Kier molecular flexibility index (Phi) is 3.42. The second-order valence-electron chi connectivity index (χ2n) is 3.99. The summed E-state index contributed by atoms with van der Waals surface area (Å²) in [6.45, 7) is 8.71. The first-order valence-electron chi connectivity index (χ1n) is 5.69. The van der Waals surface area contributed by atoms with Crippen LogP contribution in [0.1, 0.15) is 5.69 Å². The maximum Gasteiger partial charge on any atom is 0.0482 e. The smallest absolute Gasteiger partial charge is 0.0482 e. The summed E-state index contributed by atoms with van der Waals surface area (Å²) in [6.07, 6.45) is 1.89. The molecule has 0 unspecified atom stereocenters. The summed E-state index contributed by atoms with van der Waals surface area (Å²) in [6, 6.07) is 10.8. The molecule has 0 amide bonds. The maximum atomic E-state index is 3.69. The van der Waals surface area contributed by atoms with Gasteiger partial charge in [0.1, 0.15) is 0 Å². The number of nitrogens with zero attached hydrogens (tertiary/aromatic N) is 1. The van der Waals surface area contributed by atoms with E-state index in [1.807, 2.05) is 6.08 Å². The van der Waals surface area contributed by atoms with Gasteiger partial charge in [0.25, 0.3) is 0 Å². The summed E-state index contributed by atoms with van der Waals surface area (Å²) in [5.74, 6) is 0. The van der Waals surface area contributed by atoms with Crippen molar-refractivity contribution in [2.24, 2.45) is 0 Å². The number of fused-ring (bicyclic) bond motifs is 1. The van der Waals surface area contributed by atoms with Crippen LogP contribution in [-0.2, 0) is 6.54 Å². The van der Waals surface area contributed by atoms with Crippen LogP contribution in [0.25, 0.3) is 10.9 Å². The van der Waals surface area contributed by atoms with Gasteiger partial charge in [0, 0.05) is 30.8 Å². The lowest BCUT2D eigenvalue weighted by atomic mass is 10.2. The van der Waals surface area contributed by atoms with E-state index in [4.69, 9.17) is 0 Å². The lowest BCUT2D eigenvalue weighted by molar-refractivity contribution is 0.630. The topological polar surface area (TPSA) is 17.0 Å². The number of aryl methyl sites for hydroxylation is 1. The normalized spacial score (nSPS) is 10.8. The van der Waals surface area contributed by atoms with Crippen LogP contribution < -0.4 is 5.32 Å². The number of aromatic nitrogens is 1. The number of hydrogen-bond acceptors (Lipinski definition) is 1. The Morgan fingerprint density at radius 3 is 3.00 bits per heavy atom. The van der Waals surface area contributed by atoms with Crippen LogP contribution >= 0.6 is 0 Å². The molecule has 84 valence electrons. The minimum Gasteiger partial charge on any atom is -0.344 e. The molecule has 2 nitrogen and oxygen atoms in total. The van der Waals surface area contributed by atoms with Crippen molar-refractivity contribution in [3.63, 3.8) is 0 Å². The van der Waals surface area contributed by atoms with Crippen molar-refractivity contribution in [3.05, 3.63) is 48.7 Å². The highest BCUT2D eigenvalue weighted by Gasteiger charge is 2.03. The average molecular weight is 214 g/mol. The van der Waals surface area contributed by atoms with E-state index in [-0.39, 0.29) is 0 Å². The lowest BCUT2D eigenvalue weighted by Crippen LogP contribution is -2.20. The van der Waals surface area contributed by atoms with E-state index in [1.54, 1.807) is 0 Å². The number of para-hydroxylation sites is 1. The van der Waals surface area contributed by atoms with Crippen LogP contribution in [0.15, 0.2) is 43.0 Å². The van der Waals surface area contributed by atoms with Gasteiger partial charge in [0.05, 0.1) is 0 Å². The number of nitrogens with one attached hydrogen (secondary N) is 1. The van der Waals surface area contributed by atoms with Crippen molar-refractivity contribution in [1.29, 1.82) is 0 Å². The van der Waals surface area contributed by atoms with E-state index in [0.717, 1.165) is 19.6 Å². The summed E-state index contributed by atoms with van der Waals surface area (Å²) in [5.41, 5.74) is 2.64. The van der Waals surface area contributed by atoms with E-state index in [1.165, 1.54) is 16.6 Å². The van der Waals surface area contributed by atoms with Gasteiger partial charge in [-0.3, -0.25) is 0 Å². The molecule has 2 rings (SSSR count). The molecule has 0 bridgehead atoms. The van der Waals surface area contributed by atoms with Crippen LogP contribution in [0.4, 0.5) is 0 Å². The van der Waals surface area contributed by atoms with Crippen molar-refractivity contribution < 1.29 is 0 Å². The average Bonchev–Trinajstić information content (AvgIpc) is 2.61. The Labute approximate surface area is 96.6 Å². The molecule has 16 heavy (non-hydrogen) atoms. The number of hydrogen-bond donors (Lipinski definition) is 1. The zero-order valence-corrected chi connectivity index (χ0v) is 9.74. The lowest BCUT2D eigenvalue weighted by Gasteiger charge is -2.08. The Bertz CT molecular complexity index is 482. The van der Waals surface area contributed by atoms with Gasteiger partial charge in [0.2, 0.25) is 0 Å². The van der Waals surface area contributed by atoms with Gasteiger partial charge < -0.3 is 9.88 Å². The van der Waals surface area contributed by atoms with Crippen LogP contribution in [-0.4, -0.2) is 17.7 Å². The molecule has 0 fully saturated rings. The number of rotatable bonds is 5. The third-order valence-electron chi connectivity index (χ3n) is 2.82. The molecule has 0 aliphatic carbocycles. The van der Waals surface area contributed by atoms with E-state index in [9.17, 15) is 0 Å². The van der Waals surface area contributed by atoms with E-state index in [0.29, 0.717) is 0 Å². The third-order valence-corrected chi connectivity index (χ3v) is 2.82. The summed E-state index contributed by atoms with van der Waals surface area (Å²) in [4.78, 5) is 0. The molecule has 2 heteroatoms. The molecule has 1 N–H and O–H groups in total. The number of benzene rings is 1. The van der Waals surface area contributed by atoms with Crippen LogP contribution in [0.5, 0.6) is 0 Å². The molecule has 0 saturated heterocycles. The molecule has 1 heterocycles. The minimum absolute atomic E-state index is 0.873. The largest absolute Gasteiger partial charge is 0.344 e. The first-order valence-corrected chi connectivity index (χ1v) is 5.69. The monoisotopic (exact) mass is 214 g/mol. The van der Waals surface area contributed by atoms with Crippen molar-refractivity contribution in [3.8, 4) is 0 Å². The first-order chi connectivity index (χ1) is 7.83. The Morgan fingerprint density at radius 2 is 2.19 bits per heavy atom. The quantitative estimate of drug-likeness (QED) is 0.598. The molecule has 1 aromatic heterocycles. The van der Waals surface area contributed by atoms with Crippen LogP contribution in [0.2, 0.25) is 0 Å². The summed E-state index contributed by atoms with van der Waals surface area (Å²) < 4.78 is 2.35. The van der Waals surface area contributed by atoms with Crippen molar-refractivity contribution >= 4 is 10.9 Å². The second kappa shape index (κ2) is 4.99. The van der Waals surface area contributed by atoms with E-state index >= 15 is 0 Å². The molecule has 0 atom stereocenters. The summed E-state index contributed by atoms with van der Waals surface area (Å²) >= 11 is 0. The fourth-order valence-corrected chi connectivity index (χ4v) is 2.04. The standard InChI is InChI=1S/C14H18N2/c1-3-8-15-9-10-16-12(2)11-13-6-4-5-7-14(13)16/h3-7,11,15H,1,8-10H2,2H3. The first kappa shape index (κ1) is 11.0. The molecule has 0 aliphatic heterocycles. The summed E-state index contributed by atoms with van der Waals surface area (Å²) in [7, 11) is 0. The Hall–Kier alpha value is -1.54. The molecule has 0 spiro atoms. The van der Waals surface area contributed by atoms with Gasteiger partial charge in [-0.05, 0) is 24.4 Å². The van der Waals surface area contributed by atoms with Gasteiger partial charge >= 0.3 is 0 Å². The van der Waals surface area contributed by atoms with Gasteiger partial charge in [-0.15, -0.1) is 6.58 Å². The molecule has 0 radical (unpaired) electrons. The highest BCUT2D eigenvalue weighted by molar-refractivity contribution is 5.81. The highest BCUT2D eigenvalue weighted by atomic mass is 15.0.